The van der Waals surface area contributed by atoms with Crippen LogP contribution in [0, 0.1) is 13.8 Å². The van der Waals surface area contributed by atoms with Crippen LogP contribution in [-0.2, 0) is 19.6 Å². The quantitative estimate of drug-likeness (QED) is 0.0190. The van der Waals surface area contributed by atoms with E-state index < -0.39 is 0 Å². The first kappa shape index (κ1) is 77.8. The standard InChI is InChI=1S/C24H21ClN4O.C22H17ClN4O.C21H16ClN5O.C19H15ClN4O2/c1-16-13-17(2)29(28-16)15-18-6-8-19(9-7-18)24(30)27-20-10-11-22(25)21(14-20)23-5-3-4-12-26-23;23-20-10-9-18(14-19(20)21-4-1-2-11-24-21)26-22(28)17-7-5-16(6-8-17)15-27-13-3-12-25-27;22-19-9-8-17(11-18(19)20-3-1-2-10-24-20)26-21(28)16-6-4-15(5-7-16)12-27-14-23-13-25-27;20-16-9-8-14(11-15(16)17-3-1-2-10-22-17)23-19(25)13-6-4-12(5-7-13)18(21)24-26/h3-14H,15H2,1-2H3,(H,27,30);1-14H,15H2,(H,26,28);1-11,13-14H,12H2,(H,26,28);1-11,26H,(H2,21,24)(H,23,25). The van der Waals surface area contributed by atoms with Gasteiger partial charge in [0, 0.05) is 116 Å². The summed E-state index contributed by atoms with van der Waals surface area (Å²) in [6, 6.07) is 76.4. The number of rotatable bonds is 19. The highest BCUT2D eigenvalue weighted by Crippen LogP contribution is 2.34. The first-order valence-corrected chi connectivity index (χ1v) is 36.2. The van der Waals surface area contributed by atoms with E-state index in [0.717, 1.165) is 73.1 Å². The molecule has 7 aromatic heterocycles. The summed E-state index contributed by atoms with van der Waals surface area (Å²) in [7, 11) is 0. The summed E-state index contributed by atoms with van der Waals surface area (Å²) in [4.78, 5) is 71.5. The molecule has 0 unspecified atom stereocenters. The molecule has 0 saturated heterocycles. The van der Waals surface area contributed by atoms with Gasteiger partial charge in [0.25, 0.3) is 23.6 Å². The van der Waals surface area contributed by atoms with Crippen molar-refractivity contribution in [1.29, 1.82) is 0 Å². The number of nitrogens with two attached hydrogens (primary N) is 1. The van der Waals surface area contributed by atoms with Crippen molar-refractivity contribution in [1.82, 2.24) is 54.3 Å². The molecule has 4 amide bonds. The molecule has 7 heterocycles. The Morgan fingerprint density at radius 1 is 0.393 bits per heavy atom. The summed E-state index contributed by atoms with van der Waals surface area (Å²) in [6.45, 7) is 5.96. The van der Waals surface area contributed by atoms with Crippen LogP contribution >= 0.6 is 46.4 Å². The molecule has 0 aliphatic rings. The fourth-order valence-corrected chi connectivity index (χ4v) is 12.2. The number of carbonyl (C=O) groups excluding carboxylic acids is 4. The molecule has 0 aliphatic heterocycles. The van der Waals surface area contributed by atoms with Crippen LogP contribution in [0.1, 0.15) is 75.1 Å². The van der Waals surface area contributed by atoms with Crippen LogP contribution in [0.25, 0.3) is 45.0 Å². The summed E-state index contributed by atoms with van der Waals surface area (Å²) in [5.74, 6) is -0.858. The lowest BCUT2D eigenvalue weighted by Crippen LogP contribution is -2.15. The largest absolute Gasteiger partial charge is 0.409 e. The molecular formula is C86H69Cl4N17O5. The number of nitrogens with zero attached hydrogens (tertiary/aromatic N) is 12. The Labute approximate surface area is 664 Å². The zero-order valence-electron chi connectivity index (χ0n) is 60.0. The van der Waals surface area contributed by atoms with Gasteiger partial charge in [0.05, 0.1) is 68.2 Å². The topological polar surface area (TPSA) is 293 Å². The Hall–Kier alpha value is -13.8. The fraction of sp³-hybridized carbons (Fsp3) is 0.0581. The van der Waals surface area contributed by atoms with Crippen molar-refractivity contribution in [3.63, 3.8) is 0 Å². The number of hydrogen-bond acceptors (Lipinski definition) is 14. The van der Waals surface area contributed by atoms with Crippen molar-refractivity contribution < 1.29 is 24.4 Å². The fourth-order valence-electron chi connectivity index (χ4n) is 11.3. The number of amides is 4. The van der Waals surface area contributed by atoms with Gasteiger partial charge in [-0.15, -0.1) is 0 Å². The van der Waals surface area contributed by atoms with Crippen molar-refractivity contribution in [2.75, 3.05) is 21.3 Å². The minimum Gasteiger partial charge on any atom is -0.409 e. The maximum Gasteiger partial charge on any atom is 0.255 e. The van der Waals surface area contributed by atoms with Crippen LogP contribution in [0.4, 0.5) is 22.7 Å². The molecular weight excluding hydrogens is 1490 g/mol. The zero-order valence-corrected chi connectivity index (χ0v) is 63.0. The third-order valence-corrected chi connectivity index (χ3v) is 18.3. The van der Waals surface area contributed by atoms with Gasteiger partial charge in [0.15, 0.2) is 5.84 Å². The molecule has 26 heteroatoms. The third-order valence-electron chi connectivity index (χ3n) is 17.0. The van der Waals surface area contributed by atoms with Crippen LogP contribution in [0.2, 0.25) is 20.1 Å². The maximum absolute atomic E-state index is 12.7. The molecule has 0 aliphatic carbocycles. The van der Waals surface area contributed by atoms with Gasteiger partial charge in [-0.25, -0.2) is 9.67 Å². The van der Waals surface area contributed by atoms with E-state index in [1.807, 2.05) is 193 Å². The Kier molecular flexibility index (Phi) is 26.3. The summed E-state index contributed by atoms with van der Waals surface area (Å²) < 4.78 is 5.52. The second-order valence-electron chi connectivity index (χ2n) is 25.0. The smallest absolute Gasteiger partial charge is 0.255 e. The van der Waals surface area contributed by atoms with E-state index in [2.05, 4.69) is 66.6 Å². The maximum atomic E-state index is 12.7. The second kappa shape index (κ2) is 37.9. The molecule has 0 bridgehead atoms. The highest BCUT2D eigenvalue weighted by Gasteiger charge is 2.17. The number of anilines is 4. The van der Waals surface area contributed by atoms with Crippen molar-refractivity contribution in [2.45, 2.75) is 33.5 Å². The van der Waals surface area contributed by atoms with Crippen molar-refractivity contribution in [3.8, 4) is 45.0 Å². The van der Waals surface area contributed by atoms with E-state index in [0.29, 0.717) is 90.3 Å². The van der Waals surface area contributed by atoms with Crippen LogP contribution in [0.5, 0.6) is 0 Å². The van der Waals surface area contributed by atoms with Gasteiger partial charge in [0.2, 0.25) is 0 Å². The number of amidine groups is 1. The Morgan fingerprint density at radius 2 is 0.732 bits per heavy atom. The molecule has 0 fully saturated rings. The number of benzene rings is 8. The van der Waals surface area contributed by atoms with Crippen LogP contribution in [0.3, 0.4) is 0 Å². The number of carbonyl (C=O) groups is 4. The Morgan fingerprint density at radius 3 is 1.03 bits per heavy atom. The van der Waals surface area contributed by atoms with E-state index in [1.54, 1.807) is 133 Å². The van der Waals surface area contributed by atoms with Crippen LogP contribution < -0.4 is 27.0 Å². The number of oxime groups is 1. The summed E-state index contributed by atoms with van der Waals surface area (Å²) >= 11 is 25.2. The van der Waals surface area contributed by atoms with Crippen molar-refractivity contribution in [2.24, 2.45) is 10.9 Å². The predicted octanol–water partition coefficient (Wildman–Crippen LogP) is 18.5. The van der Waals surface area contributed by atoms with Gasteiger partial charge < -0.3 is 32.2 Å². The number of nitrogens with one attached hydrogen (secondary N) is 4. The average Bonchev–Trinajstić information content (AvgIpc) is 0.887. The third kappa shape index (κ3) is 21.3. The molecule has 112 heavy (non-hydrogen) atoms. The molecule has 8 aromatic carbocycles. The minimum atomic E-state index is -0.287. The van der Waals surface area contributed by atoms with Gasteiger partial charge in [-0.1, -0.05) is 124 Å². The highest BCUT2D eigenvalue weighted by atomic mass is 35.5. The average molecular weight is 1560 g/mol. The summed E-state index contributed by atoms with van der Waals surface area (Å²) in [5, 5.41) is 38.2. The number of aromatic nitrogens is 11. The van der Waals surface area contributed by atoms with Gasteiger partial charge >= 0.3 is 0 Å². The first-order chi connectivity index (χ1) is 54.4. The second-order valence-corrected chi connectivity index (χ2v) is 26.6. The summed E-state index contributed by atoms with van der Waals surface area (Å²) in [5.41, 5.74) is 22.1. The van der Waals surface area contributed by atoms with Crippen molar-refractivity contribution >= 4 is 98.6 Å². The normalized spacial score (nSPS) is 10.8. The van der Waals surface area contributed by atoms with Crippen LogP contribution in [-0.4, -0.2) is 88.9 Å². The molecule has 0 spiro atoms. The van der Waals surface area contributed by atoms with Gasteiger partial charge in [-0.05, 0) is 213 Å². The zero-order chi connectivity index (χ0) is 78.3. The molecule has 0 radical (unpaired) electrons. The number of pyridine rings is 4. The van der Waals surface area contributed by atoms with Gasteiger partial charge in [-0.3, -0.25) is 48.5 Å². The predicted molar refractivity (Wildman–Crippen MR) is 440 cm³/mol. The number of hydrogen-bond donors (Lipinski definition) is 6. The Balaban J connectivity index is 0.000000139. The SMILES string of the molecule is Cc1cc(C)n(Cc2ccc(C(=O)Nc3ccc(Cl)c(-c4ccccn4)c3)cc2)n1.NC(=NO)c1ccc(C(=O)Nc2ccc(Cl)c(-c3ccccn3)c2)cc1.O=C(Nc1ccc(Cl)c(-c2ccccn2)c1)c1ccc(Cn2cccn2)cc1.O=C(Nc1ccc(Cl)c(-c2ccccn2)c1)c1ccc(Cn2cncn2)cc1. The van der Waals surface area contributed by atoms with E-state index >= 15 is 0 Å². The molecule has 556 valence electrons. The highest BCUT2D eigenvalue weighted by molar-refractivity contribution is 6.35. The van der Waals surface area contributed by atoms with E-state index in [1.165, 1.54) is 6.33 Å². The first-order valence-electron chi connectivity index (χ1n) is 34.7. The lowest BCUT2D eigenvalue weighted by atomic mass is 10.1. The molecule has 22 nitrogen and oxygen atoms in total. The minimum absolute atomic E-state index is 0.0188. The van der Waals surface area contributed by atoms with E-state index in [4.69, 9.17) is 57.3 Å². The van der Waals surface area contributed by atoms with Gasteiger partial charge in [0.1, 0.15) is 12.7 Å². The number of aryl methyl sites for hydroxylation is 2. The molecule has 0 atom stereocenters. The lowest BCUT2D eigenvalue weighted by Gasteiger charge is -2.10. The molecule has 0 saturated carbocycles. The lowest BCUT2D eigenvalue weighted by molar-refractivity contribution is 0.101. The van der Waals surface area contributed by atoms with E-state index in [9.17, 15) is 19.2 Å². The Bertz CT molecular complexity index is 5540. The van der Waals surface area contributed by atoms with E-state index in [-0.39, 0.29) is 29.5 Å². The van der Waals surface area contributed by atoms with Crippen LogP contribution in [0.15, 0.2) is 310 Å². The number of halogens is 4. The molecule has 15 rings (SSSR count). The molecule has 7 N–H and O–H groups in total. The molecule has 15 aromatic rings. The summed E-state index contributed by atoms with van der Waals surface area (Å²) in [6.07, 6.45) is 13.6. The monoisotopic (exact) mass is 1560 g/mol. The van der Waals surface area contributed by atoms with Crippen molar-refractivity contribution in [3.05, 3.63) is 381 Å². The van der Waals surface area contributed by atoms with Gasteiger partial charge in [-0.2, -0.15) is 15.3 Å².